The van der Waals surface area contributed by atoms with Crippen LogP contribution in [0.4, 0.5) is 0 Å². The second-order valence-corrected chi connectivity index (χ2v) is 6.00. The van der Waals surface area contributed by atoms with Crippen molar-refractivity contribution in [3.63, 3.8) is 0 Å². The Balaban J connectivity index is 3.49. The minimum Gasteiger partial charge on any atom is -0.404 e. The fourth-order valence-corrected chi connectivity index (χ4v) is 1.17. The van der Waals surface area contributed by atoms with Gasteiger partial charge in [-0.05, 0) is 19.5 Å². The summed E-state index contributed by atoms with van der Waals surface area (Å²) in [5.74, 6) is 0. The lowest BCUT2D eigenvalue weighted by Crippen LogP contribution is -2.28. The lowest BCUT2D eigenvalue weighted by atomic mass is 10.5. The molecular formula is C6H13NOSi. The first kappa shape index (κ1) is 8.67. The fraction of sp³-hybridized carbons (Fsp3) is 0.833. The van der Waals surface area contributed by atoms with E-state index in [1.54, 1.807) is 0 Å². The molecule has 52 valence electrons. The largest absolute Gasteiger partial charge is 0.404 e. The van der Waals surface area contributed by atoms with Gasteiger partial charge in [0.1, 0.15) is 0 Å². The van der Waals surface area contributed by atoms with Crippen molar-refractivity contribution in [1.82, 2.24) is 0 Å². The van der Waals surface area contributed by atoms with Crippen LogP contribution in [0.5, 0.6) is 0 Å². The Morgan fingerprint density at radius 2 is 2.11 bits per heavy atom. The molecule has 0 saturated heterocycles. The molecule has 0 bridgehead atoms. The van der Waals surface area contributed by atoms with Crippen molar-refractivity contribution in [1.29, 1.82) is 5.26 Å². The maximum Gasteiger partial charge on any atom is 0.299 e. The zero-order valence-corrected chi connectivity index (χ0v) is 7.27. The Hall–Kier alpha value is -0.333. The van der Waals surface area contributed by atoms with E-state index in [2.05, 4.69) is 5.69 Å². The Morgan fingerprint density at radius 3 is 2.44 bits per heavy atom. The van der Waals surface area contributed by atoms with Crippen molar-refractivity contribution in [2.75, 3.05) is 6.61 Å². The minimum absolute atomic E-state index is 0.729. The smallest absolute Gasteiger partial charge is 0.299 e. The quantitative estimate of drug-likeness (QED) is 0.563. The molecule has 0 aromatic rings. The van der Waals surface area contributed by atoms with Crippen LogP contribution in [-0.4, -0.2) is 14.9 Å². The van der Waals surface area contributed by atoms with Gasteiger partial charge in [-0.1, -0.05) is 6.92 Å². The molecule has 0 aliphatic carbocycles. The van der Waals surface area contributed by atoms with Gasteiger partial charge in [-0.25, -0.2) is 5.26 Å². The molecule has 2 nitrogen and oxygen atoms in total. The van der Waals surface area contributed by atoms with Gasteiger partial charge in [0.05, 0.1) is 5.69 Å². The first-order valence-electron chi connectivity index (χ1n) is 3.17. The maximum absolute atomic E-state index is 8.51. The van der Waals surface area contributed by atoms with E-state index >= 15 is 0 Å². The van der Waals surface area contributed by atoms with Crippen LogP contribution < -0.4 is 0 Å². The Labute approximate surface area is 57.6 Å². The minimum atomic E-state index is -1.89. The van der Waals surface area contributed by atoms with Crippen molar-refractivity contribution >= 4 is 8.32 Å². The molecule has 0 aromatic carbocycles. The van der Waals surface area contributed by atoms with Gasteiger partial charge in [-0.3, -0.25) is 0 Å². The Bertz CT molecular complexity index is 117. The lowest BCUT2D eigenvalue weighted by Gasteiger charge is -2.11. The van der Waals surface area contributed by atoms with Gasteiger partial charge in [0, 0.05) is 6.61 Å². The van der Waals surface area contributed by atoms with Gasteiger partial charge in [-0.15, -0.1) is 0 Å². The molecule has 0 saturated carbocycles. The number of hydrogen-bond donors (Lipinski definition) is 0. The summed E-state index contributed by atoms with van der Waals surface area (Å²) >= 11 is 0. The second kappa shape index (κ2) is 3.65. The first-order valence-corrected chi connectivity index (χ1v) is 6.08. The standard InChI is InChI=1S/C6H13NOSi/c1-4-5-8-9(2,3)6-7/h4-5H2,1-3H3. The van der Waals surface area contributed by atoms with Gasteiger partial charge in [0.15, 0.2) is 0 Å². The molecule has 0 spiro atoms. The van der Waals surface area contributed by atoms with Crippen LogP contribution in [0.3, 0.4) is 0 Å². The summed E-state index contributed by atoms with van der Waals surface area (Å²) in [6, 6.07) is 0. The number of rotatable bonds is 3. The molecule has 0 rings (SSSR count). The van der Waals surface area contributed by atoms with Crippen LogP contribution in [0.15, 0.2) is 0 Å². The number of hydrogen-bond acceptors (Lipinski definition) is 2. The van der Waals surface area contributed by atoms with Crippen LogP contribution in [0.2, 0.25) is 13.1 Å². The molecule has 0 aliphatic heterocycles. The molecule has 0 atom stereocenters. The lowest BCUT2D eigenvalue weighted by molar-refractivity contribution is 0.316. The van der Waals surface area contributed by atoms with E-state index in [1.165, 1.54) is 0 Å². The third kappa shape index (κ3) is 4.19. The van der Waals surface area contributed by atoms with Crippen molar-refractivity contribution in [3.8, 4) is 5.69 Å². The van der Waals surface area contributed by atoms with Crippen LogP contribution >= 0.6 is 0 Å². The monoisotopic (exact) mass is 143 g/mol. The normalized spacial score (nSPS) is 10.9. The van der Waals surface area contributed by atoms with Gasteiger partial charge in [-0.2, -0.15) is 0 Å². The third-order valence-corrected chi connectivity index (χ3v) is 2.40. The van der Waals surface area contributed by atoms with E-state index in [-0.39, 0.29) is 0 Å². The molecule has 3 heteroatoms. The predicted octanol–water partition coefficient (Wildman–Crippen LogP) is 1.68. The molecule has 0 radical (unpaired) electrons. The molecule has 0 aliphatic rings. The van der Waals surface area contributed by atoms with Crippen molar-refractivity contribution in [2.24, 2.45) is 0 Å². The molecular weight excluding hydrogens is 130 g/mol. The average Bonchev–Trinajstić information content (AvgIpc) is 1.84. The number of nitriles is 1. The SMILES string of the molecule is CCCO[Si](C)(C)C#N. The van der Waals surface area contributed by atoms with Crippen LogP contribution in [-0.2, 0) is 4.43 Å². The van der Waals surface area contributed by atoms with E-state index in [0.29, 0.717) is 0 Å². The Morgan fingerprint density at radius 1 is 1.56 bits per heavy atom. The summed E-state index contributed by atoms with van der Waals surface area (Å²) in [4.78, 5) is 0. The van der Waals surface area contributed by atoms with E-state index in [4.69, 9.17) is 9.69 Å². The van der Waals surface area contributed by atoms with Gasteiger partial charge >= 0.3 is 0 Å². The van der Waals surface area contributed by atoms with E-state index in [1.807, 2.05) is 20.0 Å². The molecule has 9 heavy (non-hydrogen) atoms. The zero-order valence-electron chi connectivity index (χ0n) is 6.27. The van der Waals surface area contributed by atoms with Crippen molar-refractivity contribution < 1.29 is 4.43 Å². The van der Waals surface area contributed by atoms with Gasteiger partial charge < -0.3 is 4.43 Å². The Kier molecular flexibility index (Phi) is 3.51. The third-order valence-electron chi connectivity index (χ3n) is 0.936. The zero-order chi connectivity index (χ0) is 7.33. The summed E-state index contributed by atoms with van der Waals surface area (Å²) in [6.45, 7) is 6.58. The summed E-state index contributed by atoms with van der Waals surface area (Å²) in [5, 5.41) is 8.51. The topological polar surface area (TPSA) is 33.0 Å². The average molecular weight is 143 g/mol. The van der Waals surface area contributed by atoms with E-state index in [0.717, 1.165) is 13.0 Å². The molecule has 0 unspecified atom stereocenters. The van der Waals surface area contributed by atoms with Crippen LogP contribution in [0.25, 0.3) is 0 Å². The van der Waals surface area contributed by atoms with E-state index in [9.17, 15) is 0 Å². The highest BCUT2D eigenvalue weighted by atomic mass is 28.4. The maximum atomic E-state index is 8.51. The summed E-state index contributed by atoms with van der Waals surface area (Å²) in [6.07, 6.45) is 0.998. The summed E-state index contributed by atoms with van der Waals surface area (Å²) < 4.78 is 5.31. The van der Waals surface area contributed by atoms with Crippen LogP contribution in [0, 0.1) is 11.0 Å². The highest BCUT2D eigenvalue weighted by Crippen LogP contribution is 2.01. The van der Waals surface area contributed by atoms with Gasteiger partial charge in [0.2, 0.25) is 0 Å². The molecule has 0 amide bonds. The second-order valence-electron chi connectivity index (χ2n) is 2.47. The van der Waals surface area contributed by atoms with Gasteiger partial charge in [0.25, 0.3) is 8.32 Å². The van der Waals surface area contributed by atoms with Crippen molar-refractivity contribution in [2.45, 2.75) is 26.4 Å². The van der Waals surface area contributed by atoms with Crippen LogP contribution in [0.1, 0.15) is 13.3 Å². The summed E-state index contributed by atoms with van der Waals surface area (Å²) in [7, 11) is -1.89. The summed E-state index contributed by atoms with van der Waals surface area (Å²) in [5.41, 5.74) is 2.19. The number of nitrogens with zero attached hydrogens (tertiary/aromatic N) is 1. The van der Waals surface area contributed by atoms with Crippen molar-refractivity contribution in [3.05, 3.63) is 0 Å². The molecule has 0 N–H and O–H groups in total. The highest BCUT2D eigenvalue weighted by Gasteiger charge is 2.20. The first-order chi connectivity index (χ1) is 4.12. The molecule has 0 aromatic heterocycles. The molecule has 0 fully saturated rings. The fourth-order valence-electron chi connectivity index (χ4n) is 0.389. The predicted molar refractivity (Wildman–Crippen MR) is 39.3 cm³/mol. The van der Waals surface area contributed by atoms with E-state index < -0.39 is 8.32 Å². The molecule has 0 heterocycles. The highest BCUT2D eigenvalue weighted by molar-refractivity contribution is 6.78.